The van der Waals surface area contributed by atoms with Crippen molar-refractivity contribution < 1.29 is 4.39 Å². The van der Waals surface area contributed by atoms with E-state index in [1.807, 2.05) is 13.0 Å². The molecule has 0 aliphatic rings. The summed E-state index contributed by atoms with van der Waals surface area (Å²) in [5, 5.41) is 3.35. The topological polar surface area (TPSA) is 37.8 Å². The van der Waals surface area contributed by atoms with E-state index in [0.29, 0.717) is 17.0 Å². The van der Waals surface area contributed by atoms with Crippen molar-refractivity contribution in [3.8, 4) is 11.4 Å². The van der Waals surface area contributed by atoms with Gasteiger partial charge in [0.15, 0.2) is 5.82 Å². The normalized spacial score (nSPS) is 10.7. The van der Waals surface area contributed by atoms with Crippen LogP contribution in [-0.2, 0) is 6.42 Å². The average molecular weight is 287 g/mol. The Kier molecular flexibility index (Phi) is 4.89. The maximum Gasteiger partial charge on any atom is 0.161 e. The number of nitrogens with zero attached hydrogens (tertiary/aromatic N) is 2. The molecule has 1 N–H and O–H groups in total. The molecule has 0 saturated heterocycles. The molecule has 0 aliphatic heterocycles. The van der Waals surface area contributed by atoms with Crippen LogP contribution in [0.4, 0.5) is 10.2 Å². The Bertz CT molecular complexity index is 638. The Labute approximate surface area is 125 Å². The molecule has 0 radical (unpaired) electrons. The average Bonchev–Trinajstić information content (AvgIpc) is 2.47. The van der Waals surface area contributed by atoms with Gasteiger partial charge in [-0.05, 0) is 38.3 Å². The third-order valence-electron chi connectivity index (χ3n) is 3.54. The lowest BCUT2D eigenvalue weighted by Crippen LogP contribution is -2.09. The molecule has 0 amide bonds. The third kappa shape index (κ3) is 3.38. The van der Waals surface area contributed by atoms with Crippen LogP contribution in [0.15, 0.2) is 18.2 Å². The molecule has 112 valence electrons. The molecule has 0 fully saturated rings. The van der Waals surface area contributed by atoms with Crippen LogP contribution in [0.3, 0.4) is 0 Å². The SMILES string of the molecule is CCCNc1nc(-c2ccc(C)c(F)c2)nc(C)c1CC. The summed E-state index contributed by atoms with van der Waals surface area (Å²) in [5.74, 6) is 1.21. The molecule has 0 unspecified atom stereocenters. The molecule has 1 aromatic heterocycles. The summed E-state index contributed by atoms with van der Waals surface area (Å²) in [6, 6.07) is 5.12. The van der Waals surface area contributed by atoms with Crippen molar-refractivity contribution in [3.05, 3.63) is 40.8 Å². The molecular formula is C17H22FN3. The molecule has 2 rings (SSSR count). The van der Waals surface area contributed by atoms with E-state index in [9.17, 15) is 4.39 Å². The van der Waals surface area contributed by atoms with E-state index in [4.69, 9.17) is 0 Å². The minimum atomic E-state index is -0.226. The molecule has 0 aliphatic carbocycles. The molecule has 0 bridgehead atoms. The second-order valence-corrected chi connectivity index (χ2v) is 5.20. The molecular weight excluding hydrogens is 265 g/mol. The Morgan fingerprint density at radius 2 is 1.90 bits per heavy atom. The summed E-state index contributed by atoms with van der Waals surface area (Å²) in [7, 11) is 0. The highest BCUT2D eigenvalue weighted by Crippen LogP contribution is 2.24. The van der Waals surface area contributed by atoms with Gasteiger partial charge in [0.05, 0.1) is 0 Å². The van der Waals surface area contributed by atoms with Crippen LogP contribution in [0.25, 0.3) is 11.4 Å². The van der Waals surface area contributed by atoms with Gasteiger partial charge in [0, 0.05) is 23.4 Å². The highest BCUT2D eigenvalue weighted by atomic mass is 19.1. The lowest BCUT2D eigenvalue weighted by molar-refractivity contribution is 0.619. The minimum absolute atomic E-state index is 0.226. The van der Waals surface area contributed by atoms with Gasteiger partial charge < -0.3 is 5.32 Å². The van der Waals surface area contributed by atoms with Crippen molar-refractivity contribution in [1.29, 1.82) is 0 Å². The van der Waals surface area contributed by atoms with Gasteiger partial charge in [0.2, 0.25) is 0 Å². The number of hydrogen-bond donors (Lipinski definition) is 1. The molecule has 1 aromatic carbocycles. The summed E-state index contributed by atoms with van der Waals surface area (Å²) >= 11 is 0. The van der Waals surface area contributed by atoms with E-state index in [0.717, 1.165) is 36.5 Å². The second-order valence-electron chi connectivity index (χ2n) is 5.20. The number of rotatable bonds is 5. The second kappa shape index (κ2) is 6.66. The third-order valence-corrected chi connectivity index (χ3v) is 3.54. The standard InChI is InChI=1S/C17H22FN3/c1-5-9-19-17-14(6-2)12(4)20-16(21-17)13-8-7-11(3)15(18)10-13/h7-8,10H,5-6,9H2,1-4H3,(H,19,20,21). The van der Waals surface area contributed by atoms with Gasteiger partial charge in [-0.3, -0.25) is 0 Å². The molecule has 0 atom stereocenters. The van der Waals surface area contributed by atoms with Crippen LogP contribution in [0, 0.1) is 19.7 Å². The van der Waals surface area contributed by atoms with Gasteiger partial charge >= 0.3 is 0 Å². The fraction of sp³-hybridized carbons (Fsp3) is 0.412. The fourth-order valence-corrected chi connectivity index (χ4v) is 2.27. The molecule has 0 spiro atoms. The van der Waals surface area contributed by atoms with Crippen molar-refractivity contribution >= 4 is 5.82 Å². The van der Waals surface area contributed by atoms with E-state index < -0.39 is 0 Å². The van der Waals surface area contributed by atoms with Gasteiger partial charge in [-0.2, -0.15) is 0 Å². The maximum atomic E-state index is 13.7. The van der Waals surface area contributed by atoms with E-state index in [1.165, 1.54) is 6.07 Å². The van der Waals surface area contributed by atoms with Crippen LogP contribution in [-0.4, -0.2) is 16.5 Å². The molecule has 3 nitrogen and oxygen atoms in total. The lowest BCUT2D eigenvalue weighted by Gasteiger charge is -2.13. The van der Waals surface area contributed by atoms with Gasteiger partial charge in [-0.1, -0.05) is 26.0 Å². The van der Waals surface area contributed by atoms with E-state index in [1.54, 1.807) is 13.0 Å². The Morgan fingerprint density at radius 3 is 2.52 bits per heavy atom. The summed E-state index contributed by atoms with van der Waals surface area (Å²) in [4.78, 5) is 9.13. The number of anilines is 1. The summed E-state index contributed by atoms with van der Waals surface area (Å²) < 4.78 is 13.7. The van der Waals surface area contributed by atoms with Gasteiger partial charge in [0.1, 0.15) is 11.6 Å². The zero-order valence-corrected chi connectivity index (χ0v) is 13.1. The highest BCUT2D eigenvalue weighted by Gasteiger charge is 2.12. The Balaban J connectivity index is 2.48. The first-order chi connectivity index (χ1) is 10.1. The molecule has 0 saturated carbocycles. The number of aromatic nitrogens is 2. The van der Waals surface area contributed by atoms with E-state index in [2.05, 4.69) is 29.1 Å². The van der Waals surface area contributed by atoms with Crippen molar-refractivity contribution in [1.82, 2.24) is 9.97 Å². The van der Waals surface area contributed by atoms with E-state index >= 15 is 0 Å². The summed E-state index contributed by atoms with van der Waals surface area (Å²) in [6.07, 6.45) is 1.90. The van der Waals surface area contributed by atoms with Crippen LogP contribution >= 0.6 is 0 Å². The predicted octanol–water partition coefficient (Wildman–Crippen LogP) is 4.28. The van der Waals surface area contributed by atoms with E-state index in [-0.39, 0.29) is 5.82 Å². The van der Waals surface area contributed by atoms with Crippen LogP contribution < -0.4 is 5.32 Å². The summed E-state index contributed by atoms with van der Waals surface area (Å²) in [6.45, 7) is 8.80. The molecule has 2 aromatic rings. The van der Waals surface area contributed by atoms with Gasteiger partial charge in [0.25, 0.3) is 0 Å². The predicted molar refractivity (Wildman–Crippen MR) is 85.1 cm³/mol. The highest BCUT2D eigenvalue weighted by molar-refractivity contribution is 5.60. The van der Waals surface area contributed by atoms with Crippen LogP contribution in [0.5, 0.6) is 0 Å². The monoisotopic (exact) mass is 287 g/mol. The number of aryl methyl sites for hydroxylation is 2. The summed E-state index contributed by atoms with van der Waals surface area (Å²) in [5.41, 5.74) is 3.41. The zero-order chi connectivity index (χ0) is 15.4. The fourth-order valence-electron chi connectivity index (χ4n) is 2.27. The molecule has 1 heterocycles. The zero-order valence-electron chi connectivity index (χ0n) is 13.1. The van der Waals surface area contributed by atoms with Crippen molar-refractivity contribution in [2.75, 3.05) is 11.9 Å². The lowest BCUT2D eigenvalue weighted by atomic mass is 10.1. The minimum Gasteiger partial charge on any atom is -0.370 e. The van der Waals surface area contributed by atoms with Crippen molar-refractivity contribution in [2.24, 2.45) is 0 Å². The van der Waals surface area contributed by atoms with Gasteiger partial charge in [-0.25, -0.2) is 14.4 Å². The van der Waals surface area contributed by atoms with Gasteiger partial charge in [-0.15, -0.1) is 0 Å². The van der Waals surface area contributed by atoms with Crippen LogP contribution in [0.1, 0.15) is 37.1 Å². The van der Waals surface area contributed by atoms with Crippen molar-refractivity contribution in [3.63, 3.8) is 0 Å². The number of nitrogens with one attached hydrogen (secondary N) is 1. The quantitative estimate of drug-likeness (QED) is 0.891. The molecule has 21 heavy (non-hydrogen) atoms. The largest absolute Gasteiger partial charge is 0.370 e. The number of benzene rings is 1. The first-order valence-corrected chi connectivity index (χ1v) is 7.44. The van der Waals surface area contributed by atoms with Crippen molar-refractivity contribution in [2.45, 2.75) is 40.5 Å². The number of hydrogen-bond acceptors (Lipinski definition) is 3. The first-order valence-electron chi connectivity index (χ1n) is 7.44. The Morgan fingerprint density at radius 1 is 1.14 bits per heavy atom. The smallest absolute Gasteiger partial charge is 0.161 e. The molecule has 4 heteroatoms. The van der Waals surface area contributed by atoms with Crippen LogP contribution in [0.2, 0.25) is 0 Å². The Hall–Kier alpha value is -1.97. The first kappa shape index (κ1) is 15.4. The maximum absolute atomic E-state index is 13.7. The number of halogens is 1.